The Morgan fingerprint density at radius 2 is 1.22 bits per heavy atom. The summed E-state index contributed by atoms with van der Waals surface area (Å²) in [5, 5.41) is 0. The summed E-state index contributed by atoms with van der Waals surface area (Å²) in [5.41, 5.74) is 2.90. The van der Waals surface area contributed by atoms with Crippen molar-refractivity contribution in [2.24, 2.45) is 35.5 Å². The van der Waals surface area contributed by atoms with E-state index in [0.29, 0.717) is 0 Å². The van der Waals surface area contributed by atoms with E-state index >= 15 is 0 Å². The highest BCUT2D eigenvalue weighted by Gasteiger charge is 2.48. The molecule has 0 bridgehead atoms. The molecule has 4 unspecified atom stereocenters. The van der Waals surface area contributed by atoms with Crippen LogP contribution in [0.2, 0.25) is 0 Å². The van der Waals surface area contributed by atoms with Crippen molar-refractivity contribution in [3.8, 4) is 0 Å². The van der Waals surface area contributed by atoms with Crippen LogP contribution in [0.4, 0.5) is 0 Å². The normalized spacial score (nSPS) is 41.5. The SMILES string of the molecule is CC1=CC2C(C=C1)C1C=CC(C)=CC1C2C(C)C. The zero-order valence-corrected chi connectivity index (χ0v) is 11.9. The number of fused-ring (bicyclic) bond motifs is 3. The second-order valence-corrected chi connectivity index (χ2v) is 6.67. The van der Waals surface area contributed by atoms with E-state index in [-0.39, 0.29) is 0 Å². The molecule has 3 rings (SSSR count). The van der Waals surface area contributed by atoms with Gasteiger partial charge < -0.3 is 0 Å². The molecule has 0 nitrogen and oxygen atoms in total. The maximum Gasteiger partial charge on any atom is -0.00953 e. The summed E-state index contributed by atoms with van der Waals surface area (Å²) in [7, 11) is 0. The third-order valence-electron chi connectivity index (χ3n) is 5.07. The number of allylic oxidation sites excluding steroid dienone is 8. The lowest BCUT2D eigenvalue weighted by Gasteiger charge is -2.28. The van der Waals surface area contributed by atoms with Crippen LogP contribution in [0, 0.1) is 35.5 Å². The van der Waals surface area contributed by atoms with Crippen LogP contribution in [0.25, 0.3) is 0 Å². The fourth-order valence-corrected chi connectivity index (χ4v) is 4.37. The molecule has 0 N–H and O–H groups in total. The molecule has 4 atom stereocenters. The van der Waals surface area contributed by atoms with Crippen LogP contribution < -0.4 is 0 Å². The van der Waals surface area contributed by atoms with Gasteiger partial charge in [-0.3, -0.25) is 0 Å². The molecular formula is C18H24. The van der Waals surface area contributed by atoms with Crippen LogP contribution in [0.15, 0.2) is 47.6 Å². The van der Waals surface area contributed by atoms with Gasteiger partial charge in [0, 0.05) is 0 Å². The van der Waals surface area contributed by atoms with Crippen molar-refractivity contribution in [2.75, 3.05) is 0 Å². The standard InChI is InChI=1S/C18H24/c1-11(2)18-16-9-12(3)5-7-14(16)15-8-6-13(4)10-17(15)18/h5-11,14-18H,1-4H3. The fourth-order valence-electron chi connectivity index (χ4n) is 4.37. The monoisotopic (exact) mass is 240 g/mol. The van der Waals surface area contributed by atoms with E-state index in [9.17, 15) is 0 Å². The molecule has 0 aromatic rings. The molecule has 18 heavy (non-hydrogen) atoms. The highest BCUT2D eigenvalue weighted by atomic mass is 14.5. The third-order valence-corrected chi connectivity index (χ3v) is 5.07. The Labute approximate surface area is 111 Å². The lowest BCUT2D eigenvalue weighted by molar-refractivity contribution is 0.278. The number of hydrogen-bond acceptors (Lipinski definition) is 0. The van der Waals surface area contributed by atoms with Gasteiger partial charge in [0.15, 0.2) is 0 Å². The summed E-state index contributed by atoms with van der Waals surface area (Å²) in [6.45, 7) is 9.27. The Morgan fingerprint density at radius 3 is 1.61 bits per heavy atom. The van der Waals surface area contributed by atoms with Gasteiger partial charge in [0.2, 0.25) is 0 Å². The highest BCUT2D eigenvalue weighted by molar-refractivity contribution is 5.34. The van der Waals surface area contributed by atoms with Crippen LogP contribution in [0.1, 0.15) is 27.7 Å². The van der Waals surface area contributed by atoms with Gasteiger partial charge in [-0.25, -0.2) is 0 Å². The Morgan fingerprint density at radius 1 is 0.778 bits per heavy atom. The molecule has 0 heteroatoms. The molecule has 0 amide bonds. The van der Waals surface area contributed by atoms with Gasteiger partial charge in [0.25, 0.3) is 0 Å². The van der Waals surface area contributed by atoms with Crippen molar-refractivity contribution in [1.29, 1.82) is 0 Å². The molecule has 0 heterocycles. The second kappa shape index (κ2) is 4.26. The third kappa shape index (κ3) is 1.74. The molecule has 0 radical (unpaired) electrons. The summed E-state index contributed by atoms with van der Waals surface area (Å²) in [6.07, 6.45) is 14.6. The van der Waals surface area contributed by atoms with Gasteiger partial charge in [0.1, 0.15) is 0 Å². The largest absolute Gasteiger partial charge is 0.0800 e. The Hall–Kier alpha value is -1.04. The molecular weight excluding hydrogens is 216 g/mol. The molecule has 3 aliphatic rings. The first-order valence-corrected chi connectivity index (χ1v) is 7.31. The fraction of sp³-hybridized carbons (Fsp3) is 0.556. The first-order chi connectivity index (χ1) is 8.58. The zero-order chi connectivity index (χ0) is 12.9. The molecule has 1 saturated carbocycles. The lowest BCUT2D eigenvalue weighted by Crippen LogP contribution is -2.22. The van der Waals surface area contributed by atoms with Gasteiger partial charge in [-0.1, -0.05) is 61.4 Å². The molecule has 0 aromatic carbocycles. The van der Waals surface area contributed by atoms with Gasteiger partial charge in [0.05, 0.1) is 0 Å². The van der Waals surface area contributed by atoms with E-state index in [4.69, 9.17) is 0 Å². The summed E-state index contributed by atoms with van der Waals surface area (Å²) in [5.74, 6) is 4.52. The minimum Gasteiger partial charge on any atom is -0.0800 e. The number of hydrogen-bond donors (Lipinski definition) is 0. The highest BCUT2D eigenvalue weighted by Crippen LogP contribution is 2.54. The molecule has 0 aliphatic heterocycles. The van der Waals surface area contributed by atoms with E-state index in [1.54, 1.807) is 0 Å². The van der Waals surface area contributed by atoms with E-state index in [1.165, 1.54) is 11.1 Å². The van der Waals surface area contributed by atoms with Crippen molar-refractivity contribution < 1.29 is 0 Å². The summed E-state index contributed by atoms with van der Waals surface area (Å²) in [4.78, 5) is 0. The molecule has 3 aliphatic carbocycles. The van der Waals surface area contributed by atoms with Crippen LogP contribution in [0.3, 0.4) is 0 Å². The average molecular weight is 240 g/mol. The second-order valence-electron chi connectivity index (χ2n) is 6.67. The van der Waals surface area contributed by atoms with E-state index in [0.717, 1.165) is 35.5 Å². The first-order valence-electron chi connectivity index (χ1n) is 7.31. The van der Waals surface area contributed by atoms with E-state index in [1.807, 2.05) is 0 Å². The zero-order valence-electron chi connectivity index (χ0n) is 11.9. The summed E-state index contributed by atoms with van der Waals surface area (Å²) < 4.78 is 0. The summed E-state index contributed by atoms with van der Waals surface area (Å²) in [6, 6.07) is 0. The number of rotatable bonds is 1. The van der Waals surface area contributed by atoms with Crippen molar-refractivity contribution >= 4 is 0 Å². The topological polar surface area (TPSA) is 0 Å². The minimum absolute atomic E-state index is 0.728. The predicted molar refractivity (Wildman–Crippen MR) is 78.1 cm³/mol. The van der Waals surface area contributed by atoms with Crippen LogP contribution in [0.5, 0.6) is 0 Å². The van der Waals surface area contributed by atoms with Gasteiger partial charge >= 0.3 is 0 Å². The Kier molecular flexibility index (Phi) is 2.84. The first kappa shape index (κ1) is 12.0. The minimum atomic E-state index is 0.728. The molecule has 0 aromatic heterocycles. The van der Waals surface area contributed by atoms with Crippen molar-refractivity contribution in [2.45, 2.75) is 27.7 Å². The summed E-state index contributed by atoms with van der Waals surface area (Å²) >= 11 is 0. The van der Waals surface area contributed by atoms with Crippen LogP contribution in [-0.4, -0.2) is 0 Å². The van der Waals surface area contributed by atoms with E-state index < -0.39 is 0 Å². The van der Waals surface area contributed by atoms with E-state index in [2.05, 4.69) is 64.2 Å². The van der Waals surface area contributed by atoms with Gasteiger partial charge in [-0.15, -0.1) is 0 Å². The van der Waals surface area contributed by atoms with Crippen molar-refractivity contribution in [3.05, 3.63) is 47.6 Å². The Bertz CT molecular complexity index is 418. The molecule has 1 fully saturated rings. The van der Waals surface area contributed by atoms with Crippen molar-refractivity contribution in [1.82, 2.24) is 0 Å². The maximum atomic E-state index is 2.53. The van der Waals surface area contributed by atoms with Gasteiger partial charge in [-0.2, -0.15) is 0 Å². The maximum absolute atomic E-state index is 2.53. The van der Waals surface area contributed by atoms with Crippen LogP contribution in [-0.2, 0) is 0 Å². The van der Waals surface area contributed by atoms with Crippen molar-refractivity contribution in [3.63, 3.8) is 0 Å². The lowest BCUT2D eigenvalue weighted by atomic mass is 9.76. The predicted octanol–water partition coefficient (Wildman–Crippen LogP) is 4.77. The van der Waals surface area contributed by atoms with Gasteiger partial charge in [-0.05, 0) is 49.4 Å². The van der Waals surface area contributed by atoms with Crippen LogP contribution >= 0.6 is 0 Å². The molecule has 0 spiro atoms. The molecule has 96 valence electrons. The Balaban J connectivity index is 2.02. The smallest absolute Gasteiger partial charge is 0.00953 e. The quantitative estimate of drug-likeness (QED) is 0.619. The molecule has 0 saturated heterocycles. The average Bonchev–Trinajstić information content (AvgIpc) is 2.60.